The monoisotopic (exact) mass is 321 g/mol. The Bertz CT molecular complexity index is 536. The maximum Gasteiger partial charge on any atom is 0.226 e. The Morgan fingerprint density at radius 3 is 3.04 bits per heavy atom. The molecule has 0 bridgehead atoms. The molecular weight excluding hydrogens is 294 g/mol. The lowest BCUT2D eigenvalue weighted by molar-refractivity contribution is 0.156. The highest BCUT2D eigenvalue weighted by atomic mass is 16.5. The van der Waals surface area contributed by atoms with Crippen molar-refractivity contribution in [1.29, 1.82) is 0 Å². The van der Waals surface area contributed by atoms with Gasteiger partial charge >= 0.3 is 0 Å². The minimum absolute atomic E-state index is 0.359. The van der Waals surface area contributed by atoms with Crippen LogP contribution in [-0.4, -0.2) is 60.4 Å². The van der Waals surface area contributed by atoms with Crippen molar-refractivity contribution in [2.75, 3.05) is 39.4 Å². The van der Waals surface area contributed by atoms with E-state index in [1.165, 1.54) is 12.8 Å². The predicted molar refractivity (Wildman–Crippen MR) is 87.4 cm³/mol. The number of ether oxygens (including phenoxy) is 1. The van der Waals surface area contributed by atoms with Gasteiger partial charge in [0.1, 0.15) is 0 Å². The van der Waals surface area contributed by atoms with E-state index in [1.807, 2.05) is 6.92 Å². The molecule has 3 rings (SSSR count). The van der Waals surface area contributed by atoms with Gasteiger partial charge in [0.05, 0.1) is 6.61 Å². The molecule has 1 atom stereocenters. The zero-order valence-electron chi connectivity index (χ0n) is 14.2. The Morgan fingerprint density at radius 2 is 2.35 bits per heavy atom. The van der Waals surface area contributed by atoms with Crippen LogP contribution in [0, 0.1) is 12.3 Å². The van der Waals surface area contributed by atoms with E-state index in [2.05, 4.69) is 27.3 Å². The number of aryl methyl sites for hydroxylation is 2. The van der Waals surface area contributed by atoms with E-state index >= 15 is 0 Å². The molecule has 128 valence electrons. The van der Waals surface area contributed by atoms with Crippen molar-refractivity contribution in [2.45, 2.75) is 39.5 Å². The lowest BCUT2D eigenvalue weighted by Crippen LogP contribution is -2.41. The normalized spacial score (nSPS) is 24.8. The van der Waals surface area contributed by atoms with E-state index < -0.39 is 0 Å². The minimum atomic E-state index is 0.359. The molecule has 1 spiro atoms. The molecule has 0 saturated carbocycles. The van der Waals surface area contributed by atoms with Gasteiger partial charge in [-0.25, -0.2) is 0 Å². The standard InChI is InChI=1S/C16H27N5O2/c1-3-17-15(18-8-4-5-14-19-13(2)20-23-14)21-9-6-16(11-21)7-10-22-12-16/h3-12H2,1-2H3,(H,17,18). The third-order valence-electron chi connectivity index (χ3n) is 4.64. The molecule has 2 saturated heterocycles. The number of rotatable bonds is 5. The molecule has 0 aliphatic carbocycles. The van der Waals surface area contributed by atoms with E-state index in [4.69, 9.17) is 14.3 Å². The molecule has 1 N–H and O–H groups in total. The second-order valence-electron chi connectivity index (χ2n) is 6.55. The van der Waals surface area contributed by atoms with Gasteiger partial charge in [0, 0.05) is 44.6 Å². The van der Waals surface area contributed by atoms with E-state index in [-0.39, 0.29) is 0 Å². The van der Waals surface area contributed by atoms with E-state index in [0.29, 0.717) is 17.1 Å². The van der Waals surface area contributed by atoms with Crippen LogP contribution in [0.5, 0.6) is 0 Å². The Kier molecular flexibility index (Phi) is 5.15. The van der Waals surface area contributed by atoms with Crippen molar-refractivity contribution in [1.82, 2.24) is 20.4 Å². The quantitative estimate of drug-likeness (QED) is 0.502. The molecule has 7 nitrogen and oxygen atoms in total. The summed E-state index contributed by atoms with van der Waals surface area (Å²) >= 11 is 0. The molecule has 0 radical (unpaired) electrons. The van der Waals surface area contributed by atoms with Gasteiger partial charge in [-0.05, 0) is 33.1 Å². The third-order valence-corrected chi connectivity index (χ3v) is 4.64. The Morgan fingerprint density at radius 1 is 1.43 bits per heavy atom. The molecule has 0 aromatic carbocycles. The van der Waals surface area contributed by atoms with E-state index in [9.17, 15) is 0 Å². The highest BCUT2D eigenvalue weighted by Gasteiger charge is 2.42. The van der Waals surface area contributed by atoms with E-state index in [1.54, 1.807) is 0 Å². The Hall–Kier alpha value is -1.63. The van der Waals surface area contributed by atoms with Crippen LogP contribution in [0.25, 0.3) is 0 Å². The SMILES string of the molecule is CCNC(=NCCCc1nc(C)no1)N1CCC2(CCOC2)C1. The van der Waals surface area contributed by atoms with Gasteiger partial charge in [-0.2, -0.15) is 4.98 Å². The van der Waals surface area contributed by atoms with Crippen molar-refractivity contribution in [3.05, 3.63) is 11.7 Å². The molecule has 7 heteroatoms. The van der Waals surface area contributed by atoms with Crippen molar-refractivity contribution in [3.8, 4) is 0 Å². The number of aromatic nitrogens is 2. The summed E-state index contributed by atoms with van der Waals surface area (Å²) in [6.45, 7) is 9.54. The highest BCUT2D eigenvalue weighted by molar-refractivity contribution is 5.80. The summed E-state index contributed by atoms with van der Waals surface area (Å²) in [6.07, 6.45) is 4.08. The molecular formula is C16H27N5O2. The number of hydrogen-bond donors (Lipinski definition) is 1. The van der Waals surface area contributed by atoms with Gasteiger partial charge in [-0.3, -0.25) is 4.99 Å². The maximum atomic E-state index is 5.61. The van der Waals surface area contributed by atoms with Crippen LogP contribution >= 0.6 is 0 Å². The fraction of sp³-hybridized carbons (Fsp3) is 0.812. The van der Waals surface area contributed by atoms with Crippen molar-refractivity contribution < 1.29 is 9.26 Å². The van der Waals surface area contributed by atoms with Gasteiger partial charge in [0.15, 0.2) is 11.8 Å². The first kappa shape index (κ1) is 16.2. The largest absolute Gasteiger partial charge is 0.381 e. The Balaban J connectivity index is 1.51. The maximum absolute atomic E-state index is 5.61. The fourth-order valence-electron chi connectivity index (χ4n) is 3.37. The number of nitrogens with one attached hydrogen (secondary N) is 1. The molecule has 2 aliphatic heterocycles. The van der Waals surface area contributed by atoms with Gasteiger partial charge < -0.3 is 19.5 Å². The zero-order chi connectivity index (χ0) is 16.1. The van der Waals surface area contributed by atoms with Gasteiger partial charge in [0.2, 0.25) is 5.89 Å². The van der Waals surface area contributed by atoms with Crippen LogP contribution in [-0.2, 0) is 11.2 Å². The second-order valence-corrected chi connectivity index (χ2v) is 6.55. The van der Waals surface area contributed by atoms with Crippen LogP contribution < -0.4 is 5.32 Å². The summed E-state index contributed by atoms with van der Waals surface area (Å²) in [5, 5.41) is 7.23. The summed E-state index contributed by atoms with van der Waals surface area (Å²) in [7, 11) is 0. The number of likely N-dealkylation sites (tertiary alicyclic amines) is 1. The summed E-state index contributed by atoms with van der Waals surface area (Å²) in [5.74, 6) is 2.42. The average Bonchev–Trinajstić information content (AvgIpc) is 3.26. The van der Waals surface area contributed by atoms with Gasteiger partial charge in [0.25, 0.3) is 0 Å². The minimum Gasteiger partial charge on any atom is -0.381 e. The van der Waals surface area contributed by atoms with Gasteiger partial charge in [-0.1, -0.05) is 5.16 Å². The first-order chi connectivity index (χ1) is 11.2. The number of hydrogen-bond acceptors (Lipinski definition) is 5. The molecule has 1 aromatic heterocycles. The molecule has 3 heterocycles. The number of nitrogens with zero attached hydrogens (tertiary/aromatic N) is 4. The molecule has 1 aromatic rings. The lowest BCUT2D eigenvalue weighted by atomic mass is 9.87. The summed E-state index contributed by atoms with van der Waals surface area (Å²) in [6, 6.07) is 0. The smallest absolute Gasteiger partial charge is 0.226 e. The topological polar surface area (TPSA) is 75.8 Å². The summed E-state index contributed by atoms with van der Waals surface area (Å²) < 4.78 is 10.7. The molecule has 0 amide bonds. The zero-order valence-corrected chi connectivity index (χ0v) is 14.2. The van der Waals surface area contributed by atoms with Crippen LogP contribution in [0.4, 0.5) is 0 Å². The summed E-state index contributed by atoms with van der Waals surface area (Å²) in [4.78, 5) is 11.4. The van der Waals surface area contributed by atoms with Crippen LogP contribution in [0.2, 0.25) is 0 Å². The predicted octanol–water partition coefficient (Wildman–Crippen LogP) is 1.39. The van der Waals surface area contributed by atoms with Crippen LogP contribution in [0.15, 0.2) is 9.52 Å². The fourth-order valence-corrected chi connectivity index (χ4v) is 3.37. The van der Waals surface area contributed by atoms with Gasteiger partial charge in [-0.15, -0.1) is 0 Å². The number of guanidine groups is 1. The van der Waals surface area contributed by atoms with E-state index in [0.717, 1.165) is 58.2 Å². The number of aliphatic imine (C=N–C) groups is 1. The van der Waals surface area contributed by atoms with Crippen LogP contribution in [0.3, 0.4) is 0 Å². The van der Waals surface area contributed by atoms with Crippen LogP contribution in [0.1, 0.15) is 37.9 Å². The third kappa shape index (κ3) is 4.02. The average molecular weight is 321 g/mol. The molecule has 2 fully saturated rings. The molecule has 2 aliphatic rings. The lowest BCUT2D eigenvalue weighted by Gasteiger charge is -2.24. The second kappa shape index (κ2) is 7.29. The first-order valence-electron chi connectivity index (χ1n) is 8.61. The van der Waals surface area contributed by atoms with Crippen molar-refractivity contribution >= 4 is 5.96 Å². The van der Waals surface area contributed by atoms with Crippen molar-refractivity contribution in [3.63, 3.8) is 0 Å². The van der Waals surface area contributed by atoms with Crippen molar-refractivity contribution in [2.24, 2.45) is 10.4 Å². The molecule has 23 heavy (non-hydrogen) atoms. The Labute approximate surface area is 137 Å². The molecule has 1 unspecified atom stereocenters. The highest BCUT2D eigenvalue weighted by Crippen LogP contribution is 2.38. The summed E-state index contributed by atoms with van der Waals surface area (Å²) in [5.41, 5.74) is 0.359. The first-order valence-corrected chi connectivity index (χ1v) is 8.61.